The van der Waals surface area contributed by atoms with Gasteiger partial charge in [-0.25, -0.2) is 12.8 Å². The lowest BCUT2D eigenvalue weighted by molar-refractivity contribution is 0.0731. The fourth-order valence-electron chi connectivity index (χ4n) is 5.04. The van der Waals surface area contributed by atoms with Gasteiger partial charge in [-0.3, -0.25) is 4.79 Å². The van der Waals surface area contributed by atoms with Crippen molar-refractivity contribution in [2.45, 2.75) is 24.8 Å². The number of carbonyl (C=O) groups excluding carboxylic acids is 1. The van der Waals surface area contributed by atoms with Crippen LogP contribution in [0.15, 0.2) is 59.5 Å². The number of ether oxygens (including phenoxy) is 2. The van der Waals surface area contributed by atoms with Gasteiger partial charge >= 0.3 is 0 Å². The number of rotatable bonds is 5. The van der Waals surface area contributed by atoms with Crippen LogP contribution < -0.4 is 9.64 Å². The summed E-state index contributed by atoms with van der Waals surface area (Å²) < 4.78 is 50.4. The first-order valence-electron chi connectivity index (χ1n) is 12.8. The van der Waals surface area contributed by atoms with Crippen molar-refractivity contribution >= 4 is 21.4 Å². The van der Waals surface area contributed by atoms with Crippen LogP contribution in [0.25, 0.3) is 11.1 Å². The Hall–Kier alpha value is -3.43. The Kier molecular flexibility index (Phi) is 7.40. The van der Waals surface area contributed by atoms with Crippen molar-refractivity contribution in [3.63, 3.8) is 0 Å². The average Bonchev–Trinajstić information content (AvgIpc) is 3.14. The van der Waals surface area contributed by atoms with Gasteiger partial charge in [0.25, 0.3) is 5.91 Å². The lowest BCUT2D eigenvalue weighted by Gasteiger charge is -2.29. The summed E-state index contributed by atoms with van der Waals surface area (Å²) >= 11 is 0. The first kappa shape index (κ1) is 26.2. The van der Waals surface area contributed by atoms with Gasteiger partial charge in [0, 0.05) is 48.3 Å². The first-order chi connectivity index (χ1) is 18.3. The molecular weight excluding hydrogens is 507 g/mol. The van der Waals surface area contributed by atoms with E-state index in [0.29, 0.717) is 25.4 Å². The number of hydrogen-bond donors (Lipinski definition) is 0. The highest BCUT2D eigenvalue weighted by Gasteiger charge is 2.27. The highest BCUT2D eigenvalue weighted by molar-refractivity contribution is 7.90. The van der Waals surface area contributed by atoms with Gasteiger partial charge < -0.3 is 19.3 Å². The molecule has 7 nitrogen and oxygen atoms in total. The number of fused-ring (bicyclic) bond motifs is 1. The van der Waals surface area contributed by atoms with Crippen LogP contribution in [0.4, 0.5) is 10.1 Å². The van der Waals surface area contributed by atoms with Crippen molar-refractivity contribution in [3.8, 4) is 16.9 Å². The molecule has 2 heterocycles. The zero-order valence-corrected chi connectivity index (χ0v) is 22.4. The molecule has 200 valence electrons. The number of nitrogens with zero attached hydrogens (tertiary/aromatic N) is 2. The molecule has 1 amide bonds. The number of morpholine rings is 1. The molecule has 0 aromatic heterocycles. The summed E-state index contributed by atoms with van der Waals surface area (Å²) in [7, 11) is -3.75. The molecule has 0 bridgehead atoms. The Morgan fingerprint density at radius 3 is 2.34 bits per heavy atom. The van der Waals surface area contributed by atoms with Gasteiger partial charge in [0.1, 0.15) is 23.1 Å². The third-order valence-electron chi connectivity index (χ3n) is 7.10. The number of hydrogen-bond acceptors (Lipinski definition) is 6. The standard InChI is InChI=1S/C29H31FN2O5S/c1-3-24-25(9-11-27(28(24)30)38(2,34)35)29(33)32-14-17-37-26-10-6-21(18-22(26)19-32)20-4-7-23(8-5-20)31-12-15-36-16-13-31/h4-11,18H,3,12-17,19H2,1-2H3. The molecule has 9 heteroatoms. The molecular formula is C29H31FN2O5S. The highest BCUT2D eigenvalue weighted by atomic mass is 32.2. The molecule has 1 fully saturated rings. The third kappa shape index (κ3) is 5.26. The van der Waals surface area contributed by atoms with Gasteiger partial charge in [-0.1, -0.05) is 25.1 Å². The molecule has 38 heavy (non-hydrogen) atoms. The van der Waals surface area contributed by atoms with Gasteiger partial charge in [-0.05, 0) is 53.9 Å². The van der Waals surface area contributed by atoms with E-state index in [1.54, 1.807) is 11.8 Å². The van der Waals surface area contributed by atoms with Crippen LogP contribution in [0.3, 0.4) is 0 Å². The first-order valence-corrected chi connectivity index (χ1v) is 14.6. The summed E-state index contributed by atoms with van der Waals surface area (Å²) in [5.41, 5.74) is 4.37. The van der Waals surface area contributed by atoms with E-state index in [1.165, 1.54) is 12.1 Å². The summed E-state index contributed by atoms with van der Waals surface area (Å²) in [6, 6.07) is 17.0. The average molecular weight is 539 g/mol. The Morgan fingerprint density at radius 1 is 0.947 bits per heavy atom. The van der Waals surface area contributed by atoms with Gasteiger partial charge in [-0.2, -0.15) is 0 Å². The van der Waals surface area contributed by atoms with E-state index in [9.17, 15) is 13.2 Å². The molecule has 2 aliphatic heterocycles. The zero-order chi connectivity index (χ0) is 26.9. The maximum atomic E-state index is 15.1. The SMILES string of the molecule is CCc1c(C(=O)N2CCOc3ccc(-c4ccc(N5CCOCC5)cc4)cc3C2)ccc(S(C)(=O)=O)c1F. The number of halogens is 1. The molecule has 0 atom stereocenters. The predicted molar refractivity (Wildman–Crippen MR) is 144 cm³/mol. The van der Waals surface area contributed by atoms with Crippen LogP contribution in [0.5, 0.6) is 5.75 Å². The summed E-state index contributed by atoms with van der Waals surface area (Å²) in [5, 5.41) is 0. The van der Waals surface area contributed by atoms with Crippen LogP contribution >= 0.6 is 0 Å². The normalized spacial score (nSPS) is 16.0. The van der Waals surface area contributed by atoms with Crippen molar-refractivity contribution in [1.82, 2.24) is 4.90 Å². The largest absolute Gasteiger partial charge is 0.491 e. The number of benzene rings is 3. The molecule has 3 aromatic rings. The quantitative estimate of drug-likeness (QED) is 0.482. The van der Waals surface area contributed by atoms with Crippen molar-refractivity contribution in [2.75, 3.05) is 50.6 Å². The number of anilines is 1. The molecule has 5 rings (SSSR count). The number of amides is 1. The van der Waals surface area contributed by atoms with E-state index >= 15 is 4.39 Å². The molecule has 3 aromatic carbocycles. The monoisotopic (exact) mass is 538 g/mol. The lowest BCUT2D eigenvalue weighted by atomic mass is 10.0. The second-order valence-electron chi connectivity index (χ2n) is 9.57. The van der Waals surface area contributed by atoms with Crippen LogP contribution in [0, 0.1) is 5.82 Å². The zero-order valence-electron chi connectivity index (χ0n) is 21.6. The Labute approximate surface area is 222 Å². The number of sulfone groups is 1. The molecule has 0 unspecified atom stereocenters. The highest BCUT2D eigenvalue weighted by Crippen LogP contribution is 2.32. The Morgan fingerprint density at radius 2 is 1.66 bits per heavy atom. The van der Waals surface area contributed by atoms with Crippen molar-refractivity contribution in [3.05, 3.63) is 77.1 Å². The van der Waals surface area contributed by atoms with E-state index in [2.05, 4.69) is 29.2 Å². The minimum absolute atomic E-state index is 0.109. The number of carbonyl (C=O) groups is 1. The lowest BCUT2D eigenvalue weighted by Crippen LogP contribution is -2.36. The molecule has 0 radical (unpaired) electrons. The van der Waals surface area contributed by atoms with E-state index in [0.717, 1.165) is 54.9 Å². The van der Waals surface area contributed by atoms with Gasteiger partial charge in [-0.15, -0.1) is 0 Å². The molecule has 0 spiro atoms. The second-order valence-corrected chi connectivity index (χ2v) is 11.6. The topological polar surface area (TPSA) is 76.2 Å². The maximum Gasteiger partial charge on any atom is 0.254 e. The fraction of sp³-hybridized carbons (Fsp3) is 0.345. The van der Waals surface area contributed by atoms with Crippen molar-refractivity contribution in [2.24, 2.45) is 0 Å². The van der Waals surface area contributed by atoms with Crippen LogP contribution in [-0.4, -0.2) is 64.9 Å². The molecule has 0 saturated carbocycles. The minimum atomic E-state index is -3.75. The second kappa shape index (κ2) is 10.7. The van der Waals surface area contributed by atoms with Crippen LogP contribution in [-0.2, 0) is 27.5 Å². The van der Waals surface area contributed by atoms with Crippen molar-refractivity contribution in [1.29, 1.82) is 0 Å². The molecule has 1 saturated heterocycles. The van der Waals surface area contributed by atoms with Gasteiger partial charge in [0.2, 0.25) is 0 Å². The van der Waals surface area contributed by atoms with E-state index in [1.807, 2.05) is 18.2 Å². The van der Waals surface area contributed by atoms with Crippen LogP contribution in [0.2, 0.25) is 0 Å². The molecule has 0 N–H and O–H groups in total. The molecule has 0 aliphatic carbocycles. The smallest absolute Gasteiger partial charge is 0.254 e. The van der Waals surface area contributed by atoms with E-state index in [4.69, 9.17) is 9.47 Å². The Bertz CT molecular complexity index is 1450. The van der Waals surface area contributed by atoms with Crippen LogP contribution in [0.1, 0.15) is 28.4 Å². The summed E-state index contributed by atoms with van der Waals surface area (Å²) in [6.45, 7) is 5.85. The van der Waals surface area contributed by atoms with Gasteiger partial charge in [0.05, 0.1) is 19.8 Å². The summed E-state index contributed by atoms with van der Waals surface area (Å²) in [4.78, 5) is 17.1. The maximum absolute atomic E-state index is 15.1. The van der Waals surface area contributed by atoms with E-state index < -0.39 is 15.7 Å². The predicted octanol–water partition coefficient (Wildman–Crippen LogP) is 4.33. The summed E-state index contributed by atoms with van der Waals surface area (Å²) in [5.74, 6) is -0.490. The summed E-state index contributed by atoms with van der Waals surface area (Å²) in [6.07, 6.45) is 1.16. The Balaban J connectivity index is 1.40. The third-order valence-corrected chi connectivity index (χ3v) is 8.21. The molecule has 2 aliphatic rings. The fourth-order valence-corrected chi connectivity index (χ4v) is 5.80. The van der Waals surface area contributed by atoms with E-state index in [-0.39, 0.29) is 28.4 Å². The van der Waals surface area contributed by atoms with Gasteiger partial charge in [0.15, 0.2) is 9.84 Å². The van der Waals surface area contributed by atoms with Crippen molar-refractivity contribution < 1.29 is 27.1 Å². The minimum Gasteiger partial charge on any atom is -0.491 e.